The Morgan fingerprint density at radius 1 is 1.30 bits per heavy atom. The number of H-pyrrole nitrogens is 2. The Morgan fingerprint density at radius 3 is 2.75 bits per heavy atom. The van der Waals surface area contributed by atoms with Crippen molar-refractivity contribution >= 4 is 11.8 Å². The predicted molar refractivity (Wildman–Crippen MR) is 71.1 cm³/mol. The summed E-state index contributed by atoms with van der Waals surface area (Å²) in [6, 6.07) is 6.61. The van der Waals surface area contributed by atoms with Gasteiger partial charge in [-0.05, 0) is 18.1 Å². The second-order valence-electron chi connectivity index (χ2n) is 3.99. The van der Waals surface area contributed by atoms with Gasteiger partial charge in [0.05, 0.1) is 5.56 Å². The smallest absolute Gasteiger partial charge is 0.342 e. The van der Waals surface area contributed by atoms with Crippen molar-refractivity contribution in [1.82, 2.24) is 15.2 Å². The molecule has 1 heterocycles. The van der Waals surface area contributed by atoms with E-state index < -0.39 is 17.2 Å². The fraction of sp³-hybridized carbons (Fsp3) is 0.167. The quantitative estimate of drug-likeness (QED) is 0.599. The number of carbonyl (C=O) groups is 1. The molecule has 20 heavy (non-hydrogen) atoms. The highest BCUT2D eigenvalue weighted by molar-refractivity contribution is 5.89. The van der Waals surface area contributed by atoms with Gasteiger partial charge >= 0.3 is 11.7 Å². The van der Waals surface area contributed by atoms with Crippen LogP contribution in [0, 0.1) is 0 Å². The van der Waals surface area contributed by atoms with E-state index in [1.165, 1.54) is 6.07 Å². The van der Waals surface area contributed by atoms with Gasteiger partial charge in [-0.1, -0.05) is 18.2 Å². The summed E-state index contributed by atoms with van der Waals surface area (Å²) in [6.07, 6.45) is 0.405. The summed E-state index contributed by atoms with van der Waals surface area (Å²) in [5.74, 6) is -1.02. The Hall–Kier alpha value is -2.90. The van der Waals surface area contributed by atoms with Gasteiger partial charge in [0.15, 0.2) is 0 Å². The molecule has 0 unspecified atom stereocenters. The molecule has 0 saturated carbocycles. The van der Waals surface area contributed by atoms with Crippen LogP contribution in [0.25, 0.3) is 0 Å². The van der Waals surface area contributed by atoms with Crippen molar-refractivity contribution in [2.75, 3.05) is 11.9 Å². The highest BCUT2D eigenvalue weighted by Gasteiger charge is 2.09. The van der Waals surface area contributed by atoms with Crippen LogP contribution in [0.2, 0.25) is 0 Å². The van der Waals surface area contributed by atoms with Crippen LogP contribution in [0.3, 0.4) is 0 Å². The van der Waals surface area contributed by atoms with E-state index in [1.54, 1.807) is 18.2 Å². The van der Waals surface area contributed by atoms with Crippen molar-refractivity contribution in [3.8, 4) is 0 Å². The van der Waals surface area contributed by atoms with E-state index in [0.29, 0.717) is 18.5 Å². The molecule has 1 aromatic carbocycles. The number of carboxylic acid groups (broad SMARTS) is 1. The van der Waals surface area contributed by atoms with Crippen LogP contribution < -0.4 is 16.6 Å². The molecule has 0 aliphatic heterocycles. The third kappa shape index (κ3) is 3.10. The van der Waals surface area contributed by atoms with Crippen LogP contribution in [-0.4, -0.2) is 32.8 Å². The molecule has 0 amide bonds. The number of rotatable bonds is 5. The predicted octanol–water partition coefficient (Wildman–Crippen LogP) is -0.189. The summed E-state index contributed by atoms with van der Waals surface area (Å²) in [4.78, 5) is 35.2. The molecule has 0 radical (unpaired) electrons. The molecule has 8 heteroatoms. The van der Waals surface area contributed by atoms with Crippen LogP contribution in [0.4, 0.5) is 5.82 Å². The standard InChI is InChI=1S/C12H12N4O4/c17-10-9(15-16-12(20)14-10)13-6-5-7-3-1-2-4-8(7)11(18)19/h1-4H,5-6H2,(H,13,15)(H,18,19)(H2,14,16,17,20). The van der Waals surface area contributed by atoms with E-state index >= 15 is 0 Å². The molecule has 2 aromatic rings. The van der Waals surface area contributed by atoms with E-state index in [0.717, 1.165) is 0 Å². The van der Waals surface area contributed by atoms with Crippen LogP contribution in [0.1, 0.15) is 15.9 Å². The minimum Gasteiger partial charge on any atom is -0.478 e. The third-order valence-electron chi connectivity index (χ3n) is 2.65. The van der Waals surface area contributed by atoms with E-state index in [4.69, 9.17) is 5.11 Å². The Balaban J connectivity index is 2.05. The van der Waals surface area contributed by atoms with Gasteiger partial charge in [-0.25, -0.2) is 14.7 Å². The van der Waals surface area contributed by atoms with Gasteiger partial charge in [0.25, 0.3) is 5.56 Å². The van der Waals surface area contributed by atoms with Crippen molar-refractivity contribution in [1.29, 1.82) is 0 Å². The second-order valence-corrected chi connectivity index (χ2v) is 3.99. The van der Waals surface area contributed by atoms with Crippen molar-refractivity contribution < 1.29 is 9.90 Å². The lowest BCUT2D eigenvalue weighted by molar-refractivity contribution is 0.0695. The number of aromatic carboxylic acids is 1. The third-order valence-corrected chi connectivity index (χ3v) is 2.65. The maximum Gasteiger partial charge on any atom is 0.342 e. The normalized spacial score (nSPS) is 10.2. The SMILES string of the molecule is O=C(O)c1ccccc1CCNc1n[nH]c(=O)[nH]c1=O. The molecule has 0 aliphatic rings. The molecule has 0 spiro atoms. The fourth-order valence-corrected chi connectivity index (χ4v) is 1.73. The number of benzene rings is 1. The summed E-state index contributed by atoms with van der Waals surface area (Å²) < 4.78 is 0. The van der Waals surface area contributed by atoms with Gasteiger partial charge in [-0.3, -0.25) is 9.78 Å². The van der Waals surface area contributed by atoms with Gasteiger partial charge in [-0.15, -0.1) is 5.10 Å². The largest absolute Gasteiger partial charge is 0.478 e. The number of aromatic nitrogens is 3. The highest BCUT2D eigenvalue weighted by Crippen LogP contribution is 2.09. The molecule has 8 nitrogen and oxygen atoms in total. The maximum absolute atomic E-state index is 11.4. The summed E-state index contributed by atoms with van der Waals surface area (Å²) in [6.45, 7) is 0.312. The molecule has 1 aromatic heterocycles. The topological polar surface area (TPSA) is 128 Å². The number of hydrogen-bond acceptors (Lipinski definition) is 5. The number of nitrogens with zero attached hydrogens (tertiary/aromatic N) is 1. The summed E-state index contributed by atoms with van der Waals surface area (Å²) >= 11 is 0. The van der Waals surface area contributed by atoms with Crippen molar-refractivity contribution in [3.63, 3.8) is 0 Å². The Bertz CT molecular complexity index is 734. The van der Waals surface area contributed by atoms with E-state index in [1.807, 2.05) is 4.98 Å². The first kappa shape index (κ1) is 13.5. The van der Waals surface area contributed by atoms with Gasteiger partial charge in [0.2, 0.25) is 5.82 Å². The van der Waals surface area contributed by atoms with E-state index in [2.05, 4.69) is 15.5 Å². The van der Waals surface area contributed by atoms with Crippen molar-refractivity contribution in [2.45, 2.75) is 6.42 Å². The molecule has 0 aliphatic carbocycles. The number of hydrogen-bond donors (Lipinski definition) is 4. The molecular formula is C12H12N4O4. The molecule has 0 fully saturated rings. The second kappa shape index (κ2) is 5.83. The van der Waals surface area contributed by atoms with Gasteiger partial charge in [0, 0.05) is 6.54 Å². The van der Waals surface area contributed by atoms with Gasteiger partial charge < -0.3 is 10.4 Å². The highest BCUT2D eigenvalue weighted by atomic mass is 16.4. The Labute approximate surface area is 112 Å². The number of nitrogens with one attached hydrogen (secondary N) is 3. The molecule has 104 valence electrons. The average Bonchev–Trinajstić information content (AvgIpc) is 2.41. The lowest BCUT2D eigenvalue weighted by Crippen LogP contribution is -2.27. The number of carboxylic acids is 1. The van der Waals surface area contributed by atoms with Crippen LogP contribution in [-0.2, 0) is 6.42 Å². The summed E-state index contributed by atoms with van der Waals surface area (Å²) in [5.41, 5.74) is -0.442. The van der Waals surface area contributed by atoms with E-state index in [9.17, 15) is 14.4 Å². The molecule has 2 rings (SSSR count). The summed E-state index contributed by atoms with van der Waals surface area (Å²) in [5, 5.41) is 17.4. The van der Waals surface area contributed by atoms with Crippen LogP contribution in [0.15, 0.2) is 33.9 Å². The van der Waals surface area contributed by atoms with Crippen molar-refractivity contribution in [3.05, 3.63) is 56.2 Å². The molecule has 4 N–H and O–H groups in total. The zero-order valence-electron chi connectivity index (χ0n) is 10.3. The first-order valence-corrected chi connectivity index (χ1v) is 5.82. The monoisotopic (exact) mass is 276 g/mol. The Morgan fingerprint density at radius 2 is 2.05 bits per heavy atom. The summed E-state index contributed by atoms with van der Waals surface area (Å²) in [7, 11) is 0. The average molecular weight is 276 g/mol. The Kier molecular flexibility index (Phi) is 3.94. The lowest BCUT2D eigenvalue weighted by atomic mass is 10.0. The maximum atomic E-state index is 11.4. The zero-order valence-corrected chi connectivity index (χ0v) is 10.3. The minimum absolute atomic E-state index is 0.0163. The fourth-order valence-electron chi connectivity index (χ4n) is 1.73. The molecule has 0 saturated heterocycles. The van der Waals surface area contributed by atoms with Crippen LogP contribution >= 0.6 is 0 Å². The first-order chi connectivity index (χ1) is 9.58. The first-order valence-electron chi connectivity index (χ1n) is 5.82. The molecular weight excluding hydrogens is 264 g/mol. The zero-order chi connectivity index (χ0) is 14.5. The minimum atomic E-state index is -0.999. The van der Waals surface area contributed by atoms with Gasteiger partial charge in [0.1, 0.15) is 0 Å². The number of aromatic amines is 2. The van der Waals surface area contributed by atoms with Crippen LogP contribution in [0.5, 0.6) is 0 Å². The lowest BCUT2D eigenvalue weighted by Gasteiger charge is -2.06. The van der Waals surface area contributed by atoms with Crippen molar-refractivity contribution in [2.24, 2.45) is 0 Å². The number of anilines is 1. The van der Waals surface area contributed by atoms with E-state index in [-0.39, 0.29) is 11.4 Å². The molecule has 0 bridgehead atoms. The molecule has 0 atom stereocenters. The van der Waals surface area contributed by atoms with Gasteiger partial charge in [-0.2, -0.15) is 0 Å².